The summed E-state index contributed by atoms with van der Waals surface area (Å²) in [5.74, 6) is -0.638. The maximum atomic E-state index is 14.1. The summed E-state index contributed by atoms with van der Waals surface area (Å²) < 4.78 is 15.6. The van der Waals surface area contributed by atoms with E-state index in [1.807, 2.05) is 43.3 Å². The molecule has 8 nitrogen and oxygen atoms in total. The predicted molar refractivity (Wildman–Crippen MR) is 139 cm³/mol. The number of halogens is 2. The molecule has 0 unspecified atom stereocenters. The lowest BCUT2D eigenvalue weighted by Crippen LogP contribution is -2.13. The van der Waals surface area contributed by atoms with E-state index in [0.717, 1.165) is 11.1 Å². The Bertz CT molecular complexity index is 1510. The minimum atomic E-state index is -0.767. The van der Waals surface area contributed by atoms with E-state index < -0.39 is 11.6 Å². The highest BCUT2D eigenvalue weighted by molar-refractivity contribution is 7.59. The van der Waals surface area contributed by atoms with Gasteiger partial charge in [0, 0.05) is 11.1 Å². The van der Waals surface area contributed by atoms with Crippen molar-refractivity contribution in [2.24, 2.45) is 0 Å². The summed E-state index contributed by atoms with van der Waals surface area (Å²) in [6.45, 7) is 1.95. The van der Waals surface area contributed by atoms with Crippen molar-refractivity contribution < 1.29 is 9.50 Å². The van der Waals surface area contributed by atoms with Gasteiger partial charge in [0.15, 0.2) is 22.4 Å². The van der Waals surface area contributed by atoms with Crippen LogP contribution in [-0.2, 0) is 0 Å². The van der Waals surface area contributed by atoms with E-state index in [9.17, 15) is 9.50 Å². The summed E-state index contributed by atoms with van der Waals surface area (Å²) in [5, 5.41) is 18.1. The molecule has 0 bridgehead atoms. The van der Waals surface area contributed by atoms with Gasteiger partial charge in [-0.2, -0.15) is 18.6 Å². The lowest BCUT2D eigenvalue weighted by Gasteiger charge is -2.20. The summed E-state index contributed by atoms with van der Waals surface area (Å²) >= 11 is 6.27. The fraction of sp³-hybridized carbons (Fsp3) is 0.0833. The molecular weight excluding hydrogens is 489 g/mol. The van der Waals surface area contributed by atoms with Crippen LogP contribution >= 0.6 is 25.1 Å². The molecule has 178 valence electrons. The van der Waals surface area contributed by atoms with Crippen LogP contribution in [0.2, 0.25) is 5.15 Å². The number of nitrogens with two attached hydrogens (primary N) is 1. The van der Waals surface area contributed by atoms with E-state index in [-0.39, 0.29) is 25.4 Å². The van der Waals surface area contributed by atoms with E-state index >= 15 is 0 Å². The van der Waals surface area contributed by atoms with Crippen molar-refractivity contribution >= 4 is 42.4 Å². The number of aromatic hydroxyl groups is 1. The van der Waals surface area contributed by atoms with Crippen molar-refractivity contribution in [2.45, 2.75) is 13.0 Å². The van der Waals surface area contributed by atoms with E-state index in [0.29, 0.717) is 33.4 Å². The van der Waals surface area contributed by atoms with Gasteiger partial charge in [-0.3, -0.25) is 0 Å². The number of nitrogen functional groups attached to an aromatic ring is 1. The van der Waals surface area contributed by atoms with Gasteiger partial charge in [0.2, 0.25) is 0 Å². The van der Waals surface area contributed by atoms with E-state index in [1.165, 1.54) is 18.5 Å². The van der Waals surface area contributed by atoms with Crippen molar-refractivity contribution in [1.82, 2.24) is 24.6 Å². The molecule has 4 N–H and O–H groups in total. The highest BCUT2D eigenvalue weighted by atomic mass is 35.5. The Balaban J connectivity index is 0.00000289. The highest BCUT2D eigenvalue weighted by Gasteiger charge is 2.20. The highest BCUT2D eigenvalue weighted by Crippen LogP contribution is 2.36. The van der Waals surface area contributed by atoms with E-state index in [2.05, 4.69) is 20.3 Å². The molecule has 0 aliphatic rings. The second kappa shape index (κ2) is 9.77. The molecule has 5 aromatic rings. The van der Waals surface area contributed by atoms with Gasteiger partial charge in [-0.1, -0.05) is 48.0 Å². The topological polar surface area (TPSA) is 114 Å². The van der Waals surface area contributed by atoms with E-state index in [4.69, 9.17) is 22.4 Å². The van der Waals surface area contributed by atoms with Crippen molar-refractivity contribution in [3.63, 3.8) is 0 Å². The Kier molecular flexibility index (Phi) is 6.77. The number of phenolic OH excluding ortho intramolecular Hbond substituents is 1. The summed E-state index contributed by atoms with van der Waals surface area (Å²) in [6, 6.07) is 15.3. The van der Waals surface area contributed by atoms with Crippen LogP contribution in [-0.4, -0.2) is 29.7 Å². The molecule has 0 aliphatic heterocycles. The average molecular weight is 510 g/mol. The zero-order chi connectivity index (χ0) is 23.8. The third-order valence-electron chi connectivity index (χ3n) is 5.46. The molecule has 3 aromatic heterocycles. The molecule has 2 aromatic carbocycles. The minimum absolute atomic E-state index is 0. The van der Waals surface area contributed by atoms with Crippen LogP contribution < -0.4 is 11.1 Å². The molecule has 5 rings (SSSR count). The normalized spacial score (nSPS) is 11.7. The third kappa shape index (κ3) is 4.58. The smallest absolute Gasteiger partial charge is 0.165 e. The largest absolute Gasteiger partial charge is 0.505 e. The molecule has 1 atom stereocenters. The van der Waals surface area contributed by atoms with Crippen molar-refractivity contribution in [1.29, 1.82) is 0 Å². The van der Waals surface area contributed by atoms with Gasteiger partial charge in [-0.25, -0.2) is 23.9 Å². The zero-order valence-corrected chi connectivity index (χ0v) is 20.2. The van der Waals surface area contributed by atoms with E-state index in [1.54, 1.807) is 16.8 Å². The molecule has 35 heavy (non-hydrogen) atoms. The van der Waals surface area contributed by atoms with Crippen LogP contribution in [0.4, 0.5) is 16.0 Å². The maximum Gasteiger partial charge on any atom is 0.165 e. The minimum Gasteiger partial charge on any atom is -0.505 e. The first-order valence-electron chi connectivity index (χ1n) is 10.4. The molecule has 3 heterocycles. The lowest BCUT2D eigenvalue weighted by molar-refractivity contribution is 0.432. The summed E-state index contributed by atoms with van der Waals surface area (Å²) in [6.07, 6.45) is 2.88. The van der Waals surface area contributed by atoms with Crippen molar-refractivity contribution in [3.05, 3.63) is 83.7 Å². The van der Waals surface area contributed by atoms with Crippen molar-refractivity contribution in [3.8, 4) is 28.1 Å². The van der Waals surface area contributed by atoms with Gasteiger partial charge in [0.05, 0.1) is 23.5 Å². The number of rotatable bonds is 5. The van der Waals surface area contributed by atoms with Gasteiger partial charge in [0.25, 0.3) is 0 Å². The SMILES string of the molecule is C[C@H](Nc1ncnc(N)c1-c1ccc(O)c(F)c1)c1cc2ncc(Cl)n2nc1-c1ccccc1.S. The fourth-order valence-corrected chi connectivity index (χ4v) is 3.96. The van der Waals surface area contributed by atoms with Crippen LogP contribution in [0, 0.1) is 5.82 Å². The zero-order valence-electron chi connectivity index (χ0n) is 18.4. The van der Waals surface area contributed by atoms with Gasteiger partial charge in [-0.05, 0) is 30.7 Å². The number of aromatic nitrogens is 5. The number of hydrogen-bond acceptors (Lipinski definition) is 7. The first-order valence-corrected chi connectivity index (χ1v) is 10.8. The van der Waals surface area contributed by atoms with Crippen LogP contribution in [0.25, 0.3) is 28.0 Å². The van der Waals surface area contributed by atoms with Crippen LogP contribution in [0.3, 0.4) is 0 Å². The monoisotopic (exact) mass is 509 g/mol. The average Bonchev–Trinajstić information content (AvgIpc) is 3.20. The third-order valence-corrected chi connectivity index (χ3v) is 5.72. The summed E-state index contributed by atoms with van der Waals surface area (Å²) in [4.78, 5) is 12.7. The molecule has 0 saturated heterocycles. The summed E-state index contributed by atoms with van der Waals surface area (Å²) in [7, 11) is 0. The van der Waals surface area contributed by atoms with Gasteiger partial charge in [0.1, 0.15) is 18.0 Å². The molecule has 0 amide bonds. The number of benzene rings is 2. The molecular formula is C24H21ClFN7OS. The summed E-state index contributed by atoms with van der Waals surface area (Å²) in [5.41, 5.74) is 10.1. The molecule has 0 radical (unpaired) electrons. The Labute approximate surface area is 212 Å². The number of imidazole rings is 1. The standard InChI is InChI=1S/C24H19ClFN7O.H2S/c1-13(31-24-21(23(27)29-12-30-24)15-7-8-18(34)17(26)9-15)16-10-20-28-11-19(25)33(20)32-22(16)14-5-3-2-4-6-14;/h2-13,34H,1H3,(H3,27,29,30,31);1H2/t13-;/m0./s1. The second-order valence-corrected chi connectivity index (χ2v) is 8.07. The van der Waals surface area contributed by atoms with Gasteiger partial charge < -0.3 is 16.2 Å². The molecule has 0 spiro atoms. The van der Waals surface area contributed by atoms with Gasteiger partial charge in [-0.15, -0.1) is 0 Å². The van der Waals surface area contributed by atoms with Crippen LogP contribution in [0.15, 0.2) is 67.1 Å². The maximum absolute atomic E-state index is 14.1. The number of anilines is 2. The number of phenols is 1. The predicted octanol–water partition coefficient (Wildman–Crippen LogP) is 5.22. The Morgan fingerprint density at radius 3 is 2.57 bits per heavy atom. The quantitative estimate of drug-likeness (QED) is 0.297. The van der Waals surface area contributed by atoms with Gasteiger partial charge >= 0.3 is 0 Å². The van der Waals surface area contributed by atoms with Crippen molar-refractivity contribution in [2.75, 3.05) is 11.1 Å². The number of hydrogen-bond donors (Lipinski definition) is 3. The number of nitrogens with one attached hydrogen (secondary N) is 1. The van der Waals surface area contributed by atoms with Crippen LogP contribution in [0.1, 0.15) is 18.5 Å². The Morgan fingerprint density at radius 1 is 1.06 bits per heavy atom. The molecule has 0 fully saturated rings. The Morgan fingerprint density at radius 2 is 1.83 bits per heavy atom. The lowest BCUT2D eigenvalue weighted by atomic mass is 10.0. The Hall–Kier alpha value is -3.89. The molecule has 0 aliphatic carbocycles. The molecule has 11 heteroatoms. The fourth-order valence-electron chi connectivity index (χ4n) is 3.79. The molecule has 0 saturated carbocycles. The number of fused-ring (bicyclic) bond motifs is 1. The first-order chi connectivity index (χ1) is 16.4. The van der Waals surface area contributed by atoms with Crippen LogP contribution in [0.5, 0.6) is 5.75 Å². The second-order valence-electron chi connectivity index (χ2n) is 7.68. The first kappa shape index (κ1) is 24.2. The number of nitrogens with zero attached hydrogens (tertiary/aromatic N) is 5.